The predicted molar refractivity (Wildman–Crippen MR) is 50.6 cm³/mol. The van der Waals surface area contributed by atoms with E-state index in [2.05, 4.69) is 9.71 Å². The minimum absolute atomic E-state index is 0.536. The zero-order chi connectivity index (χ0) is 9.64. The van der Waals surface area contributed by atoms with Gasteiger partial charge in [0, 0.05) is 0 Å². The molecule has 1 aliphatic rings. The minimum atomic E-state index is -1.12. The van der Waals surface area contributed by atoms with E-state index >= 15 is 0 Å². The maximum absolute atomic E-state index is 11.3. The minimum Gasteiger partial charge on any atom is -0.383 e. The normalized spacial score (nSPS) is 21.9. The summed E-state index contributed by atoms with van der Waals surface area (Å²) in [7, 11) is -1.12. The summed E-state index contributed by atoms with van der Waals surface area (Å²) in [5, 5.41) is 10.3. The van der Waals surface area contributed by atoms with E-state index < -0.39 is 16.6 Å². The molecule has 0 fully saturated rings. The lowest BCUT2D eigenvalue weighted by Gasteiger charge is -2.12. The highest BCUT2D eigenvalue weighted by Gasteiger charge is 2.28. The van der Waals surface area contributed by atoms with E-state index in [1.807, 2.05) is 0 Å². The lowest BCUT2D eigenvalue weighted by atomic mass is 10.2. The smallest absolute Gasteiger partial charge is 0.137 e. The lowest BCUT2D eigenvalue weighted by Crippen LogP contribution is -2.16. The molecule has 2 N–H and O–H groups in total. The highest BCUT2D eigenvalue weighted by molar-refractivity contribution is 7.85. The molecule has 13 heavy (non-hydrogen) atoms. The van der Waals surface area contributed by atoms with E-state index in [1.165, 1.54) is 11.3 Å². The van der Waals surface area contributed by atoms with Crippen molar-refractivity contribution >= 4 is 22.3 Å². The first kappa shape index (κ1) is 9.26. The zero-order valence-corrected chi connectivity index (χ0v) is 8.96. The van der Waals surface area contributed by atoms with Crippen LogP contribution in [0.2, 0.25) is 0 Å². The van der Waals surface area contributed by atoms with Gasteiger partial charge >= 0.3 is 0 Å². The maximum atomic E-state index is 11.3. The SMILES string of the molecule is CC(C)(O)c1nc2c(s1)S(=O)NC2. The van der Waals surface area contributed by atoms with E-state index in [0.29, 0.717) is 11.6 Å². The number of hydrogen-bond donors (Lipinski definition) is 2. The van der Waals surface area contributed by atoms with Crippen LogP contribution in [-0.2, 0) is 23.1 Å². The van der Waals surface area contributed by atoms with Crippen LogP contribution in [0.25, 0.3) is 0 Å². The molecular formula is C7H10N2O2S2. The van der Waals surface area contributed by atoms with Gasteiger partial charge < -0.3 is 5.11 Å². The van der Waals surface area contributed by atoms with Crippen LogP contribution in [0, 0.1) is 0 Å². The lowest BCUT2D eigenvalue weighted by molar-refractivity contribution is 0.0781. The van der Waals surface area contributed by atoms with Crippen molar-refractivity contribution in [2.45, 2.75) is 30.2 Å². The second kappa shape index (κ2) is 2.84. The van der Waals surface area contributed by atoms with Gasteiger partial charge in [0.25, 0.3) is 0 Å². The topological polar surface area (TPSA) is 62.2 Å². The molecule has 0 aliphatic carbocycles. The van der Waals surface area contributed by atoms with Gasteiger partial charge in [-0.2, -0.15) is 0 Å². The van der Waals surface area contributed by atoms with Gasteiger partial charge in [-0.15, -0.1) is 11.3 Å². The number of thiazole rings is 1. The molecule has 0 saturated carbocycles. The van der Waals surface area contributed by atoms with Crippen molar-refractivity contribution in [2.75, 3.05) is 0 Å². The molecule has 0 spiro atoms. The van der Waals surface area contributed by atoms with E-state index in [9.17, 15) is 9.32 Å². The van der Waals surface area contributed by atoms with Crippen LogP contribution in [0.1, 0.15) is 24.5 Å². The molecule has 0 bridgehead atoms. The van der Waals surface area contributed by atoms with Crippen molar-refractivity contribution in [3.05, 3.63) is 10.7 Å². The molecule has 4 nitrogen and oxygen atoms in total. The van der Waals surface area contributed by atoms with Crippen molar-refractivity contribution in [3.63, 3.8) is 0 Å². The van der Waals surface area contributed by atoms with Gasteiger partial charge in [0.1, 0.15) is 25.8 Å². The molecule has 2 heterocycles. The zero-order valence-electron chi connectivity index (χ0n) is 7.33. The van der Waals surface area contributed by atoms with Crippen LogP contribution >= 0.6 is 11.3 Å². The van der Waals surface area contributed by atoms with Gasteiger partial charge in [0.2, 0.25) is 0 Å². The van der Waals surface area contributed by atoms with E-state index in [0.717, 1.165) is 9.90 Å². The molecule has 0 saturated heterocycles. The van der Waals surface area contributed by atoms with Crippen LogP contribution in [-0.4, -0.2) is 14.3 Å². The number of fused-ring (bicyclic) bond motifs is 1. The Hall–Kier alpha value is -0.300. The molecule has 1 unspecified atom stereocenters. The quantitative estimate of drug-likeness (QED) is 0.721. The Labute approximate surface area is 82.6 Å². The fourth-order valence-electron chi connectivity index (χ4n) is 1.06. The van der Waals surface area contributed by atoms with Crippen molar-refractivity contribution in [1.29, 1.82) is 0 Å². The van der Waals surface area contributed by atoms with Crippen LogP contribution in [0.15, 0.2) is 4.21 Å². The third-order valence-electron chi connectivity index (χ3n) is 1.72. The summed E-state index contributed by atoms with van der Waals surface area (Å²) in [6.07, 6.45) is 0. The molecule has 1 aromatic rings. The van der Waals surface area contributed by atoms with Crippen LogP contribution in [0.3, 0.4) is 0 Å². The summed E-state index contributed by atoms with van der Waals surface area (Å²) >= 11 is 1.31. The van der Waals surface area contributed by atoms with Gasteiger partial charge in [-0.05, 0) is 13.8 Å². The largest absolute Gasteiger partial charge is 0.383 e. The number of aromatic nitrogens is 1. The summed E-state index contributed by atoms with van der Waals surface area (Å²) < 4.78 is 14.8. The summed E-state index contributed by atoms with van der Waals surface area (Å²) in [4.78, 5) is 4.23. The number of nitrogens with zero attached hydrogens (tertiary/aromatic N) is 1. The standard InChI is InChI=1S/C7H10N2O2S2/c1-7(2,10)6-9-4-3-8-13(11)5(4)12-6/h8,10H,3H2,1-2H3. The average Bonchev–Trinajstić information content (AvgIpc) is 2.51. The molecule has 0 amide bonds. The summed E-state index contributed by atoms with van der Waals surface area (Å²) in [6.45, 7) is 3.89. The van der Waals surface area contributed by atoms with Gasteiger partial charge in [-0.25, -0.2) is 13.9 Å². The molecule has 0 radical (unpaired) electrons. The Kier molecular flexibility index (Phi) is 2.03. The molecule has 2 rings (SSSR count). The Morgan fingerprint density at radius 1 is 1.69 bits per heavy atom. The predicted octanol–water partition coefficient (Wildman–Crippen LogP) is 0.496. The third-order valence-corrected chi connectivity index (χ3v) is 4.61. The van der Waals surface area contributed by atoms with Crippen LogP contribution in [0.4, 0.5) is 0 Å². The number of nitrogens with one attached hydrogen (secondary N) is 1. The first-order chi connectivity index (χ1) is 5.98. The fourth-order valence-corrected chi connectivity index (χ4v) is 3.32. The number of rotatable bonds is 1. The molecule has 1 aromatic heterocycles. The summed E-state index contributed by atoms with van der Waals surface area (Å²) in [6, 6.07) is 0. The maximum Gasteiger partial charge on any atom is 0.137 e. The number of aliphatic hydroxyl groups is 1. The first-order valence-corrected chi connectivity index (χ1v) is 5.83. The van der Waals surface area contributed by atoms with Gasteiger partial charge in [0.05, 0.1) is 12.2 Å². The molecule has 6 heteroatoms. The Bertz CT molecular complexity index is 367. The van der Waals surface area contributed by atoms with Crippen LogP contribution < -0.4 is 4.72 Å². The molecule has 1 atom stereocenters. The average molecular weight is 218 g/mol. The fraction of sp³-hybridized carbons (Fsp3) is 0.571. The van der Waals surface area contributed by atoms with E-state index in [-0.39, 0.29) is 0 Å². The van der Waals surface area contributed by atoms with Crippen molar-refractivity contribution < 1.29 is 9.32 Å². The number of hydrogen-bond acceptors (Lipinski definition) is 4. The molecule has 1 aliphatic heterocycles. The highest BCUT2D eigenvalue weighted by atomic mass is 32.2. The Balaban J connectivity index is 2.45. The summed E-state index contributed by atoms with van der Waals surface area (Å²) in [5.74, 6) is 0. The van der Waals surface area contributed by atoms with Crippen LogP contribution in [0.5, 0.6) is 0 Å². The first-order valence-electron chi connectivity index (χ1n) is 3.86. The monoisotopic (exact) mass is 218 g/mol. The Morgan fingerprint density at radius 2 is 2.38 bits per heavy atom. The van der Waals surface area contributed by atoms with Crippen molar-refractivity contribution in [1.82, 2.24) is 9.71 Å². The molecule has 72 valence electrons. The van der Waals surface area contributed by atoms with Gasteiger partial charge in [-0.1, -0.05) is 0 Å². The second-order valence-electron chi connectivity index (χ2n) is 3.40. The van der Waals surface area contributed by atoms with E-state index in [1.54, 1.807) is 13.8 Å². The van der Waals surface area contributed by atoms with Crippen molar-refractivity contribution in [2.24, 2.45) is 0 Å². The third kappa shape index (κ3) is 1.54. The van der Waals surface area contributed by atoms with Crippen molar-refractivity contribution in [3.8, 4) is 0 Å². The summed E-state index contributed by atoms with van der Waals surface area (Å²) in [5.41, 5.74) is -0.125. The highest BCUT2D eigenvalue weighted by Crippen LogP contribution is 2.31. The Morgan fingerprint density at radius 3 is 2.92 bits per heavy atom. The molecular weight excluding hydrogens is 208 g/mol. The van der Waals surface area contributed by atoms with Gasteiger partial charge in [0.15, 0.2) is 0 Å². The second-order valence-corrected chi connectivity index (χ2v) is 5.89. The molecule has 0 aromatic carbocycles. The van der Waals surface area contributed by atoms with E-state index in [4.69, 9.17) is 0 Å². The van der Waals surface area contributed by atoms with Gasteiger partial charge in [-0.3, -0.25) is 0 Å².